The number of carboxylic acids is 1. The highest BCUT2D eigenvalue weighted by atomic mass is 16.4. The fourth-order valence-electron chi connectivity index (χ4n) is 2.46. The average Bonchev–Trinajstić information content (AvgIpc) is 3.15. The molecule has 0 aliphatic carbocycles. The number of aromatic amines is 1. The molecule has 0 aliphatic heterocycles. The number of H-pyrrole nitrogens is 1. The van der Waals surface area contributed by atoms with Gasteiger partial charge < -0.3 is 31.6 Å². The molecule has 3 atom stereocenters. The zero-order chi connectivity index (χ0) is 20.7. The van der Waals surface area contributed by atoms with Gasteiger partial charge in [0.1, 0.15) is 17.8 Å². The number of nitrogens with zero attached hydrogens (tertiary/aromatic N) is 1. The van der Waals surface area contributed by atoms with E-state index in [1.54, 1.807) is 18.3 Å². The molecule has 1 heterocycles. The minimum atomic E-state index is -1.20. The summed E-state index contributed by atoms with van der Waals surface area (Å²) in [5.74, 6) is -2.34. The quantitative estimate of drug-likeness (QED) is 0.329. The van der Waals surface area contributed by atoms with E-state index in [-0.39, 0.29) is 18.6 Å². The van der Waals surface area contributed by atoms with E-state index in [0.717, 1.165) is 0 Å². The standard InChI is InChI=1S/C18H23N5O5/c1-10(18(27)28)22-17(26)15(6-11-2-4-13(24)5-3-11)23-16(25)14(19)7-12-8-20-9-21-12/h2-5,8-10,14-15,24H,6-7,19H2,1H3,(H,20,21)(H,22,26)(H,23,25)(H,27,28). The summed E-state index contributed by atoms with van der Waals surface area (Å²) in [7, 11) is 0. The molecule has 10 heteroatoms. The molecule has 0 aliphatic rings. The molecule has 150 valence electrons. The van der Waals surface area contributed by atoms with Crippen LogP contribution in [0.1, 0.15) is 18.2 Å². The second kappa shape index (κ2) is 9.51. The Hall–Kier alpha value is -3.40. The third-order valence-corrected chi connectivity index (χ3v) is 4.07. The SMILES string of the molecule is CC(NC(=O)C(Cc1ccc(O)cc1)NC(=O)C(N)Cc1cnc[nH]1)C(=O)O. The van der Waals surface area contributed by atoms with Crippen LogP contribution in [0.3, 0.4) is 0 Å². The molecule has 0 bridgehead atoms. The molecule has 0 saturated heterocycles. The zero-order valence-electron chi connectivity index (χ0n) is 15.3. The number of amides is 2. The number of imidazole rings is 1. The average molecular weight is 389 g/mol. The molecule has 2 amide bonds. The van der Waals surface area contributed by atoms with Gasteiger partial charge in [0, 0.05) is 24.7 Å². The molecule has 7 N–H and O–H groups in total. The summed E-state index contributed by atoms with van der Waals surface area (Å²) in [6.45, 7) is 1.32. The Bertz CT molecular complexity index is 806. The number of rotatable bonds is 9. The molecule has 0 fully saturated rings. The Kier molecular flexibility index (Phi) is 7.10. The number of carboxylic acid groups (broad SMARTS) is 1. The smallest absolute Gasteiger partial charge is 0.325 e. The van der Waals surface area contributed by atoms with Crippen molar-refractivity contribution in [1.29, 1.82) is 0 Å². The van der Waals surface area contributed by atoms with Crippen LogP contribution >= 0.6 is 0 Å². The summed E-state index contributed by atoms with van der Waals surface area (Å²) in [4.78, 5) is 42.6. The fraction of sp³-hybridized carbons (Fsp3) is 0.333. The Balaban J connectivity index is 2.09. The molecule has 0 saturated carbocycles. The monoisotopic (exact) mass is 389 g/mol. The van der Waals surface area contributed by atoms with Crippen LogP contribution in [-0.2, 0) is 27.2 Å². The van der Waals surface area contributed by atoms with E-state index < -0.39 is 35.9 Å². The van der Waals surface area contributed by atoms with Gasteiger partial charge in [0.2, 0.25) is 11.8 Å². The number of hydrogen-bond donors (Lipinski definition) is 6. The molecular formula is C18H23N5O5. The van der Waals surface area contributed by atoms with Crippen LogP contribution in [0.25, 0.3) is 0 Å². The number of phenolic OH excluding ortho intramolecular Hbond substituents is 1. The van der Waals surface area contributed by atoms with Crippen molar-refractivity contribution in [2.75, 3.05) is 0 Å². The number of aliphatic carboxylic acids is 1. The number of benzene rings is 1. The second-order valence-corrected chi connectivity index (χ2v) is 6.39. The first-order chi connectivity index (χ1) is 13.3. The number of nitrogens with two attached hydrogens (primary N) is 1. The van der Waals surface area contributed by atoms with Crippen molar-refractivity contribution in [3.8, 4) is 5.75 Å². The van der Waals surface area contributed by atoms with Gasteiger partial charge in [0.05, 0.1) is 12.4 Å². The van der Waals surface area contributed by atoms with Crippen molar-refractivity contribution in [3.63, 3.8) is 0 Å². The van der Waals surface area contributed by atoms with Gasteiger partial charge >= 0.3 is 5.97 Å². The summed E-state index contributed by atoms with van der Waals surface area (Å²) < 4.78 is 0. The summed E-state index contributed by atoms with van der Waals surface area (Å²) in [5.41, 5.74) is 7.24. The molecule has 3 unspecified atom stereocenters. The molecule has 0 spiro atoms. The predicted octanol–water partition coefficient (Wildman–Crippen LogP) is -0.698. The zero-order valence-corrected chi connectivity index (χ0v) is 15.3. The van der Waals surface area contributed by atoms with Crippen molar-refractivity contribution < 1.29 is 24.6 Å². The summed E-state index contributed by atoms with van der Waals surface area (Å²) in [5, 5.41) is 23.3. The van der Waals surface area contributed by atoms with Crippen molar-refractivity contribution >= 4 is 17.8 Å². The third kappa shape index (κ3) is 6.09. The lowest BCUT2D eigenvalue weighted by atomic mass is 10.0. The van der Waals surface area contributed by atoms with Gasteiger partial charge in [0.15, 0.2) is 0 Å². The number of aromatic nitrogens is 2. The predicted molar refractivity (Wildman–Crippen MR) is 99.2 cm³/mol. The van der Waals surface area contributed by atoms with Crippen LogP contribution in [0.5, 0.6) is 5.75 Å². The van der Waals surface area contributed by atoms with E-state index in [1.807, 2.05) is 0 Å². The van der Waals surface area contributed by atoms with E-state index in [9.17, 15) is 19.5 Å². The number of aromatic hydroxyl groups is 1. The molecule has 28 heavy (non-hydrogen) atoms. The van der Waals surface area contributed by atoms with Gasteiger partial charge in [-0.3, -0.25) is 14.4 Å². The van der Waals surface area contributed by atoms with Gasteiger partial charge in [-0.2, -0.15) is 0 Å². The summed E-state index contributed by atoms with van der Waals surface area (Å²) in [6, 6.07) is 3.04. The maximum atomic E-state index is 12.5. The van der Waals surface area contributed by atoms with Crippen molar-refractivity contribution in [1.82, 2.24) is 20.6 Å². The first kappa shape index (κ1) is 20.9. The molecular weight excluding hydrogens is 366 g/mol. The summed E-state index contributed by atoms with van der Waals surface area (Å²) in [6.07, 6.45) is 3.31. The number of hydrogen-bond acceptors (Lipinski definition) is 6. The number of phenols is 1. The Morgan fingerprint density at radius 2 is 1.82 bits per heavy atom. The Labute approximate surface area is 161 Å². The largest absolute Gasteiger partial charge is 0.508 e. The highest BCUT2D eigenvalue weighted by Crippen LogP contribution is 2.12. The Morgan fingerprint density at radius 1 is 1.14 bits per heavy atom. The van der Waals surface area contributed by atoms with E-state index in [1.165, 1.54) is 25.4 Å². The maximum absolute atomic E-state index is 12.5. The second-order valence-electron chi connectivity index (χ2n) is 6.39. The minimum absolute atomic E-state index is 0.0647. The number of nitrogens with one attached hydrogen (secondary N) is 3. The third-order valence-electron chi connectivity index (χ3n) is 4.07. The van der Waals surface area contributed by atoms with Gasteiger partial charge in [0.25, 0.3) is 0 Å². The number of carbonyl (C=O) groups is 3. The molecule has 10 nitrogen and oxygen atoms in total. The molecule has 2 aromatic rings. The van der Waals surface area contributed by atoms with E-state index in [4.69, 9.17) is 10.8 Å². The van der Waals surface area contributed by atoms with Gasteiger partial charge in [-0.25, -0.2) is 4.98 Å². The number of carbonyl (C=O) groups excluding carboxylic acids is 2. The molecule has 1 aromatic heterocycles. The first-order valence-electron chi connectivity index (χ1n) is 8.60. The molecule has 2 rings (SSSR count). The lowest BCUT2D eigenvalue weighted by molar-refractivity contribution is -0.141. The van der Waals surface area contributed by atoms with Crippen LogP contribution in [0.15, 0.2) is 36.8 Å². The van der Waals surface area contributed by atoms with Crippen LogP contribution in [0.4, 0.5) is 0 Å². The topological polar surface area (TPSA) is 170 Å². The minimum Gasteiger partial charge on any atom is -0.508 e. The van der Waals surface area contributed by atoms with Crippen LogP contribution in [0, 0.1) is 0 Å². The van der Waals surface area contributed by atoms with Crippen LogP contribution in [-0.4, -0.2) is 56.1 Å². The lowest BCUT2D eigenvalue weighted by Crippen LogP contribution is -2.55. The van der Waals surface area contributed by atoms with Crippen LogP contribution < -0.4 is 16.4 Å². The molecule has 0 radical (unpaired) electrons. The highest BCUT2D eigenvalue weighted by molar-refractivity contribution is 5.91. The van der Waals surface area contributed by atoms with Gasteiger partial charge in [-0.15, -0.1) is 0 Å². The van der Waals surface area contributed by atoms with E-state index in [2.05, 4.69) is 20.6 Å². The van der Waals surface area contributed by atoms with Gasteiger partial charge in [-0.1, -0.05) is 12.1 Å². The van der Waals surface area contributed by atoms with Crippen molar-refractivity contribution in [2.45, 2.75) is 37.9 Å². The highest BCUT2D eigenvalue weighted by Gasteiger charge is 2.26. The fourth-order valence-corrected chi connectivity index (χ4v) is 2.46. The van der Waals surface area contributed by atoms with E-state index in [0.29, 0.717) is 11.3 Å². The van der Waals surface area contributed by atoms with E-state index >= 15 is 0 Å². The maximum Gasteiger partial charge on any atom is 0.325 e. The first-order valence-corrected chi connectivity index (χ1v) is 8.60. The van der Waals surface area contributed by atoms with Crippen molar-refractivity contribution in [2.24, 2.45) is 5.73 Å². The Morgan fingerprint density at radius 3 is 2.39 bits per heavy atom. The molecule has 1 aromatic carbocycles. The van der Waals surface area contributed by atoms with Crippen molar-refractivity contribution in [3.05, 3.63) is 48.0 Å². The normalized spacial score (nSPS) is 13.9. The van der Waals surface area contributed by atoms with Crippen LogP contribution in [0.2, 0.25) is 0 Å². The summed E-state index contributed by atoms with van der Waals surface area (Å²) >= 11 is 0. The van der Waals surface area contributed by atoms with Gasteiger partial charge in [-0.05, 0) is 24.6 Å². The lowest BCUT2D eigenvalue weighted by Gasteiger charge is -2.22.